The smallest absolute Gasteiger partial charge is 0.258 e. The molecule has 0 saturated carbocycles. The first-order valence-corrected chi connectivity index (χ1v) is 11.0. The molecular formula is C25H20ClN3O5. The van der Waals surface area contributed by atoms with E-state index in [9.17, 15) is 4.79 Å². The average molecular weight is 478 g/mol. The van der Waals surface area contributed by atoms with Crippen LogP contribution >= 0.6 is 11.6 Å². The van der Waals surface area contributed by atoms with Gasteiger partial charge in [-0.1, -0.05) is 47.1 Å². The Balaban J connectivity index is 1.32. The maximum Gasteiger partial charge on any atom is 0.258 e. The quantitative estimate of drug-likeness (QED) is 0.396. The molecule has 5 rings (SSSR count). The summed E-state index contributed by atoms with van der Waals surface area (Å²) < 4.78 is 21.9. The Kier molecular flexibility index (Phi) is 6.31. The maximum atomic E-state index is 12.7. The van der Waals surface area contributed by atoms with Gasteiger partial charge in [-0.05, 0) is 48.0 Å². The van der Waals surface area contributed by atoms with Crippen molar-refractivity contribution in [2.24, 2.45) is 0 Å². The Morgan fingerprint density at radius 3 is 2.65 bits per heavy atom. The molecule has 1 aliphatic heterocycles. The molecule has 9 heteroatoms. The molecule has 0 radical (unpaired) electrons. The molecule has 1 atom stereocenters. The molecule has 34 heavy (non-hydrogen) atoms. The molecule has 0 spiro atoms. The van der Waals surface area contributed by atoms with Crippen molar-refractivity contribution in [3.63, 3.8) is 0 Å². The average Bonchev–Trinajstić information content (AvgIpc) is 3.53. The van der Waals surface area contributed by atoms with Crippen LogP contribution in [0, 0.1) is 0 Å². The van der Waals surface area contributed by atoms with Crippen LogP contribution in [0.15, 0.2) is 77.3 Å². The minimum atomic E-state index is -0.543. The summed E-state index contributed by atoms with van der Waals surface area (Å²) in [4.78, 5) is 17.2. The van der Waals surface area contributed by atoms with E-state index in [0.29, 0.717) is 34.5 Å². The van der Waals surface area contributed by atoms with Crippen LogP contribution in [-0.2, 0) is 11.2 Å². The number of nitrogens with one attached hydrogen (secondary N) is 1. The Hall–Kier alpha value is -4.04. The van der Waals surface area contributed by atoms with E-state index in [-0.39, 0.29) is 25.2 Å². The number of hydrogen-bond donors (Lipinski definition) is 1. The van der Waals surface area contributed by atoms with Gasteiger partial charge in [0.25, 0.3) is 5.91 Å². The van der Waals surface area contributed by atoms with E-state index in [2.05, 4.69) is 15.5 Å². The van der Waals surface area contributed by atoms with E-state index in [1.807, 2.05) is 36.4 Å². The lowest BCUT2D eigenvalue weighted by molar-refractivity contribution is -0.124. The second-order valence-corrected chi connectivity index (χ2v) is 8.01. The van der Waals surface area contributed by atoms with Gasteiger partial charge in [0.15, 0.2) is 18.1 Å². The van der Waals surface area contributed by atoms with Crippen molar-refractivity contribution in [1.29, 1.82) is 0 Å². The largest absolute Gasteiger partial charge is 0.484 e. The second-order valence-electron chi connectivity index (χ2n) is 7.58. The topological polar surface area (TPSA) is 95.7 Å². The fourth-order valence-corrected chi connectivity index (χ4v) is 3.62. The molecule has 0 aliphatic carbocycles. The fraction of sp³-hybridized carbons (Fsp3) is 0.160. The zero-order valence-corrected chi connectivity index (χ0v) is 18.7. The zero-order chi connectivity index (χ0) is 23.3. The summed E-state index contributed by atoms with van der Waals surface area (Å²) in [7, 11) is 0. The Morgan fingerprint density at radius 2 is 1.82 bits per heavy atom. The van der Waals surface area contributed by atoms with E-state index in [1.165, 1.54) is 0 Å². The van der Waals surface area contributed by atoms with Crippen LogP contribution in [0.3, 0.4) is 0 Å². The molecule has 1 amide bonds. The van der Waals surface area contributed by atoms with Gasteiger partial charge in [-0.25, -0.2) is 0 Å². The van der Waals surface area contributed by atoms with Crippen LogP contribution in [0.25, 0.3) is 11.4 Å². The first-order valence-electron chi connectivity index (χ1n) is 10.6. The van der Waals surface area contributed by atoms with Crippen LogP contribution < -0.4 is 19.5 Å². The third-order valence-electron chi connectivity index (χ3n) is 5.17. The number of carbonyl (C=O) groups excluding carboxylic acids is 1. The molecule has 2 heterocycles. The molecule has 0 unspecified atom stereocenters. The Morgan fingerprint density at radius 1 is 1.03 bits per heavy atom. The molecular weight excluding hydrogens is 458 g/mol. The molecule has 4 aromatic rings. The number of rotatable bonds is 8. The van der Waals surface area contributed by atoms with E-state index in [4.69, 9.17) is 30.3 Å². The first-order chi connectivity index (χ1) is 16.6. The number of benzene rings is 3. The van der Waals surface area contributed by atoms with Gasteiger partial charge >= 0.3 is 0 Å². The number of nitrogens with zero attached hydrogens (tertiary/aromatic N) is 2. The molecule has 3 aromatic carbocycles. The number of amides is 1. The van der Waals surface area contributed by atoms with Gasteiger partial charge in [-0.15, -0.1) is 0 Å². The molecule has 172 valence electrons. The van der Waals surface area contributed by atoms with Crippen molar-refractivity contribution in [3.8, 4) is 28.6 Å². The van der Waals surface area contributed by atoms with Gasteiger partial charge in [0.2, 0.25) is 18.5 Å². The van der Waals surface area contributed by atoms with Gasteiger partial charge in [0.1, 0.15) is 11.8 Å². The summed E-state index contributed by atoms with van der Waals surface area (Å²) in [6.07, 6.45) is 0.469. The van der Waals surface area contributed by atoms with Crippen molar-refractivity contribution in [1.82, 2.24) is 15.5 Å². The summed E-state index contributed by atoms with van der Waals surface area (Å²) in [5, 5.41) is 7.64. The van der Waals surface area contributed by atoms with Crippen LogP contribution in [0.2, 0.25) is 5.02 Å². The maximum absolute atomic E-state index is 12.7. The van der Waals surface area contributed by atoms with Crippen molar-refractivity contribution in [2.75, 3.05) is 13.4 Å². The molecule has 0 fully saturated rings. The van der Waals surface area contributed by atoms with Gasteiger partial charge in [-0.3, -0.25) is 4.79 Å². The summed E-state index contributed by atoms with van der Waals surface area (Å²) in [6, 6.07) is 21.4. The SMILES string of the molecule is O=C(COc1ccc(Cl)cc1)N[C@H](Cc1ccccc1)c1nc(-c2ccc3c(c2)OCO3)no1. The van der Waals surface area contributed by atoms with Gasteiger partial charge in [0.05, 0.1) is 0 Å². The highest BCUT2D eigenvalue weighted by Crippen LogP contribution is 2.35. The van der Waals surface area contributed by atoms with Gasteiger partial charge in [0, 0.05) is 17.0 Å². The second kappa shape index (κ2) is 9.84. The highest BCUT2D eigenvalue weighted by atomic mass is 35.5. The lowest BCUT2D eigenvalue weighted by Crippen LogP contribution is -2.34. The van der Waals surface area contributed by atoms with Crippen LogP contribution in [0.1, 0.15) is 17.5 Å². The van der Waals surface area contributed by atoms with E-state index in [1.54, 1.807) is 36.4 Å². The van der Waals surface area contributed by atoms with E-state index < -0.39 is 6.04 Å². The standard InChI is InChI=1S/C25H20ClN3O5/c26-18-7-9-19(10-8-18)31-14-23(30)27-20(12-16-4-2-1-3-5-16)25-28-24(29-34-25)17-6-11-21-22(13-17)33-15-32-21/h1-11,13,20H,12,14-15H2,(H,27,30)/t20-/m1/s1. The van der Waals surface area contributed by atoms with Gasteiger partial charge < -0.3 is 24.1 Å². The lowest BCUT2D eigenvalue weighted by atomic mass is 10.1. The minimum absolute atomic E-state index is 0.171. The normalized spacial score (nSPS) is 12.9. The van der Waals surface area contributed by atoms with E-state index >= 15 is 0 Å². The number of halogens is 1. The number of carbonyl (C=O) groups is 1. The molecule has 0 bridgehead atoms. The van der Waals surface area contributed by atoms with Crippen molar-refractivity contribution < 1.29 is 23.5 Å². The molecule has 1 aliphatic rings. The van der Waals surface area contributed by atoms with Crippen LogP contribution in [-0.4, -0.2) is 29.4 Å². The van der Waals surface area contributed by atoms with Crippen LogP contribution in [0.4, 0.5) is 0 Å². The first kappa shape index (κ1) is 21.8. The highest BCUT2D eigenvalue weighted by Gasteiger charge is 2.23. The fourth-order valence-electron chi connectivity index (χ4n) is 3.50. The summed E-state index contributed by atoms with van der Waals surface area (Å²) in [5.74, 6) is 2.19. The van der Waals surface area contributed by atoms with Gasteiger partial charge in [-0.2, -0.15) is 4.98 Å². The molecule has 8 nitrogen and oxygen atoms in total. The Labute approximate surface area is 200 Å². The molecule has 1 aromatic heterocycles. The third kappa shape index (κ3) is 5.13. The number of fused-ring (bicyclic) bond motifs is 1. The van der Waals surface area contributed by atoms with Crippen molar-refractivity contribution >= 4 is 17.5 Å². The monoisotopic (exact) mass is 477 g/mol. The number of hydrogen-bond acceptors (Lipinski definition) is 7. The van der Waals surface area contributed by atoms with Crippen molar-refractivity contribution in [3.05, 3.63) is 89.3 Å². The molecule has 1 N–H and O–H groups in total. The van der Waals surface area contributed by atoms with E-state index in [0.717, 1.165) is 11.1 Å². The third-order valence-corrected chi connectivity index (χ3v) is 5.42. The number of ether oxygens (including phenoxy) is 3. The summed E-state index contributed by atoms with van der Waals surface area (Å²) >= 11 is 5.89. The summed E-state index contributed by atoms with van der Waals surface area (Å²) in [5.41, 5.74) is 1.73. The molecule has 0 saturated heterocycles. The number of aromatic nitrogens is 2. The highest BCUT2D eigenvalue weighted by molar-refractivity contribution is 6.30. The predicted octanol–water partition coefficient (Wildman–Crippen LogP) is 4.60. The minimum Gasteiger partial charge on any atom is -0.484 e. The van der Waals surface area contributed by atoms with Crippen molar-refractivity contribution in [2.45, 2.75) is 12.5 Å². The Bertz CT molecular complexity index is 1280. The zero-order valence-electron chi connectivity index (χ0n) is 17.9. The van der Waals surface area contributed by atoms with Crippen LogP contribution in [0.5, 0.6) is 17.2 Å². The predicted molar refractivity (Wildman–Crippen MR) is 124 cm³/mol. The summed E-state index contributed by atoms with van der Waals surface area (Å²) in [6.45, 7) is 0.00955. The lowest BCUT2D eigenvalue weighted by Gasteiger charge is -2.15.